The highest BCUT2D eigenvalue weighted by atomic mass is 15.3. The summed E-state index contributed by atoms with van der Waals surface area (Å²) in [6, 6.07) is 16.8. The molecule has 0 aliphatic rings. The van der Waals surface area contributed by atoms with E-state index in [0.717, 1.165) is 18.5 Å². The van der Waals surface area contributed by atoms with Gasteiger partial charge in [-0.3, -0.25) is 0 Å². The summed E-state index contributed by atoms with van der Waals surface area (Å²) in [4.78, 5) is 4.59. The van der Waals surface area contributed by atoms with Gasteiger partial charge in [-0.25, -0.2) is 0 Å². The van der Waals surface area contributed by atoms with Gasteiger partial charge >= 0.3 is 0 Å². The molecule has 0 spiro atoms. The Kier molecular flexibility index (Phi) is 5.79. The SMILES string of the molecule is CCc1cccc(CC)c1Nc1nncc(NC(C)c2ccccc2)n1. The van der Waals surface area contributed by atoms with Crippen molar-refractivity contribution in [2.24, 2.45) is 0 Å². The molecule has 2 aromatic carbocycles. The smallest absolute Gasteiger partial charge is 0.249 e. The third-order valence-electron chi connectivity index (χ3n) is 4.46. The Morgan fingerprint density at radius 3 is 2.27 bits per heavy atom. The van der Waals surface area contributed by atoms with Crippen LogP contribution in [0.5, 0.6) is 0 Å². The molecule has 26 heavy (non-hydrogen) atoms. The molecule has 5 heteroatoms. The van der Waals surface area contributed by atoms with Gasteiger partial charge in [0.15, 0.2) is 5.82 Å². The van der Waals surface area contributed by atoms with Gasteiger partial charge in [0.25, 0.3) is 0 Å². The van der Waals surface area contributed by atoms with Crippen molar-refractivity contribution in [2.75, 3.05) is 10.6 Å². The number of rotatable bonds is 7. The molecule has 0 saturated carbocycles. The van der Waals surface area contributed by atoms with Crippen molar-refractivity contribution in [1.29, 1.82) is 0 Å². The molecule has 3 aromatic rings. The lowest BCUT2D eigenvalue weighted by Crippen LogP contribution is -2.10. The predicted octanol–water partition coefficient (Wildman–Crippen LogP) is 4.91. The van der Waals surface area contributed by atoms with Crippen LogP contribution in [-0.4, -0.2) is 15.2 Å². The van der Waals surface area contributed by atoms with E-state index < -0.39 is 0 Å². The average molecular weight is 347 g/mol. The summed E-state index contributed by atoms with van der Waals surface area (Å²) >= 11 is 0. The summed E-state index contributed by atoms with van der Waals surface area (Å²) in [6.45, 7) is 6.41. The van der Waals surface area contributed by atoms with Gasteiger partial charge in [-0.05, 0) is 36.5 Å². The Labute approximate surface area is 154 Å². The fourth-order valence-corrected chi connectivity index (χ4v) is 2.99. The largest absolute Gasteiger partial charge is 0.362 e. The highest BCUT2D eigenvalue weighted by Crippen LogP contribution is 2.25. The standard InChI is InChI=1S/C21H25N5/c1-4-16-12-9-13-17(5-2)20(16)25-21-24-19(14-22-26-21)23-15(3)18-10-7-6-8-11-18/h6-15H,4-5H2,1-3H3,(H2,23,24,25,26). The van der Waals surface area contributed by atoms with Crippen LogP contribution < -0.4 is 10.6 Å². The van der Waals surface area contributed by atoms with Gasteiger partial charge in [0.05, 0.1) is 6.20 Å². The molecule has 1 atom stereocenters. The number of nitrogens with one attached hydrogen (secondary N) is 2. The van der Waals surface area contributed by atoms with E-state index in [1.54, 1.807) is 6.20 Å². The Morgan fingerprint density at radius 2 is 1.62 bits per heavy atom. The molecule has 0 aliphatic carbocycles. The summed E-state index contributed by atoms with van der Waals surface area (Å²) in [5, 5.41) is 15.0. The summed E-state index contributed by atoms with van der Waals surface area (Å²) in [5.74, 6) is 1.21. The maximum Gasteiger partial charge on any atom is 0.249 e. The Morgan fingerprint density at radius 1 is 0.923 bits per heavy atom. The number of aryl methyl sites for hydroxylation is 2. The van der Waals surface area contributed by atoms with Gasteiger partial charge in [0, 0.05) is 11.7 Å². The number of hydrogen-bond acceptors (Lipinski definition) is 5. The van der Waals surface area contributed by atoms with E-state index in [0.29, 0.717) is 11.8 Å². The minimum Gasteiger partial charge on any atom is -0.362 e. The Hall–Kier alpha value is -2.95. The van der Waals surface area contributed by atoms with E-state index in [2.05, 4.69) is 76.9 Å². The van der Waals surface area contributed by atoms with E-state index in [-0.39, 0.29) is 6.04 Å². The topological polar surface area (TPSA) is 62.7 Å². The van der Waals surface area contributed by atoms with E-state index in [1.807, 2.05) is 18.2 Å². The predicted molar refractivity (Wildman–Crippen MR) is 107 cm³/mol. The summed E-state index contributed by atoms with van der Waals surface area (Å²) in [7, 11) is 0. The van der Waals surface area contributed by atoms with Crippen LogP contribution in [0.3, 0.4) is 0 Å². The highest BCUT2D eigenvalue weighted by molar-refractivity contribution is 5.64. The van der Waals surface area contributed by atoms with Crippen LogP contribution in [0.2, 0.25) is 0 Å². The molecule has 0 aliphatic heterocycles. The Balaban J connectivity index is 1.80. The van der Waals surface area contributed by atoms with Gasteiger partial charge in [-0.1, -0.05) is 62.4 Å². The molecule has 1 unspecified atom stereocenters. The van der Waals surface area contributed by atoms with Crippen LogP contribution in [-0.2, 0) is 12.8 Å². The maximum absolute atomic E-state index is 4.59. The van der Waals surface area contributed by atoms with E-state index >= 15 is 0 Å². The van der Waals surface area contributed by atoms with Gasteiger partial charge in [-0.15, -0.1) is 5.10 Å². The van der Waals surface area contributed by atoms with Crippen molar-refractivity contribution >= 4 is 17.5 Å². The number of hydrogen-bond donors (Lipinski definition) is 2. The zero-order valence-electron chi connectivity index (χ0n) is 15.5. The van der Waals surface area contributed by atoms with Crippen molar-refractivity contribution in [3.8, 4) is 0 Å². The first-order valence-corrected chi connectivity index (χ1v) is 9.10. The molecule has 2 N–H and O–H groups in total. The first kappa shape index (κ1) is 17.9. The first-order valence-electron chi connectivity index (χ1n) is 9.10. The number of benzene rings is 2. The third kappa shape index (κ3) is 4.17. The van der Waals surface area contributed by atoms with Crippen molar-refractivity contribution in [1.82, 2.24) is 15.2 Å². The van der Waals surface area contributed by atoms with Crippen LogP contribution in [0.15, 0.2) is 54.7 Å². The lowest BCUT2D eigenvalue weighted by atomic mass is 10.0. The number of aromatic nitrogens is 3. The van der Waals surface area contributed by atoms with Gasteiger partial charge < -0.3 is 10.6 Å². The van der Waals surface area contributed by atoms with Gasteiger partial charge in [0.2, 0.25) is 5.95 Å². The molecule has 1 aromatic heterocycles. The molecule has 0 saturated heterocycles. The normalized spacial score (nSPS) is 11.8. The van der Waals surface area contributed by atoms with Crippen molar-refractivity contribution < 1.29 is 0 Å². The molecule has 3 rings (SSSR count). The third-order valence-corrected chi connectivity index (χ3v) is 4.46. The minimum absolute atomic E-state index is 0.134. The van der Waals surface area contributed by atoms with Gasteiger partial charge in [-0.2, -0.15) is 10.1 Å². The summed E-state index contributed by atoms with van der Waals surface area (Å²) in [6.07, 6.45) is 3.55. The molecular formula is C21H25N5. The van der Waals surface area contributed by atoms with E-state index in [1.165, 1.54) is 16.7 Å². The number of para-hydroxylation sites is 1. The van der Waals surface area contributed by atoms with Crippen molar-refractivity contribution in [3.63, 3.8) is 0 Å². The molecule has 0 bridgehead atoms. The quantitative estimate of drug-likeness (QED) is 0.635. The minimum atomic E-state index is 0.134. The van der Waals surface area contributed by atoms with Crippen molar-refractivity contribution in [2.45, 2.75) is 39.7 Å². The molecule has 5 nitrogen and oxygen atoms in total. The van der Waals surface area contributed by atoms with E-state index in [4.69, 9.17) is 0 Å². The second-order valence-corrected chi connectivity index (χ2v) is 6.23. The van der Waals surface area contributed by atoms with Crippen LogP contribution >= 0.6 is 0 Å². The summed E-state index contributed by atoms with van der Waals surface area (Å²) in [5.41, 5.74) is 4.80. The molecular weight excluding hydrogens is 322 g/mol. The number of anilines is 3. The van der Waals surface area contributed by atoms with Gasteiger partial charge in [0.1, 0.15) is 0 Å². The fourth-order valence-electron chi connectivity index (χ4n) is 2.99. The first-order chi connectivity index (χ1) is 12.7. The van der Waals surface area contributed by atoms with Crippen LogP contribution in [0.25, 0.3) is 0 Å². The molecule has 0 fully saturated rings. The number of nitrogens with zero attached hydrogens (tertiary/aromatic N) is 3. The highest BCUT2D eigenvalue weighted by Gasteiger charge is 2.10. The lowest BCUT2D eigenvalue weighted by Gasteiger charge is -2.16. The van der Waals surface area contributed by atoms with Crippen LogP contribution in [0.1, 0.15) is 43.5 Å². The average Bonchev–Trinajstić information content (AvgIpc) is 2.69. The lowest BCUT2D eigenvalue weighted by molar-refractivity contribution is 0.860. The fraction of sp³-hybridized carbons (Fsp3) is 0.286. The van der Waals surface area contributed by atoms with Crippen LogP contribution in [0, 0.1) is 0 Å². The molecule has 0 amide bonds. The maximum atomic E-state index is 4.59. The van der Waals surface area contributed by atoms with Crippen molar-refractivity contribution in [3.05, 3.63) is 71.4 Å². The second-order valence-electron chi connectivity index (χ2n) is 6.23. The Bertz CT molecular complexity index is 826. The van der Waals surface area contributed by atoms with Crippen LogP contribution in [0.4, 0.5) is 17.5 Å². The zero-order chi connectivity index (χ0) is 18.4. The molecule has 1 heterocycles. The van der Waals surface area contributed by atoms with E-state index in [9.17, 15) is 0 Å². The molecule has 134 valence electrons. The molecule has 0 radical (unpaired) electrons. The monoisotopic (exact) mass is 347 g/mol. The zero-order valence-corrected chi connectivity index (χ0v) is 15.5. The summed E-state index contributed by atoms with van der Waals surface area (Å²) < 4.78 is 0. The second kappa shape index (κ2) is 8.43.